The molecule has 1 atom stereocenters. The standard InChI is InChI=1S/C24H23N5O2S/c1-3-27(17-7-5-4-6-8-17)21(30)13-19-15-32-24-26-22-20(23(31)28(19)24)14-25-29(22)18-11-9-16(2)10-12-18/h4-12,14,19H,3,13,15H2,1-2H3. The number of thioether (sulfide) groups is 1. The van der Waals surface area contributed by atoms with E-state index in [9.17, 15) is 9.59 Å². The smallest absolute Gasteiger partial charge is 0.265 e. The lowest BCUT2D eigenvalue weighted by Crippen LogP contribution is -2.34. The molecule has 1 unspecified atom stereocenters. The van der Waals surface area contributed by atoms with Crippen LogP contribution in [0.2, 0.25) is 0 Å². The fourth-order valence-corrected chi connectivity index (χ4v) is 5.21. The maximum absolute atomic E-state index is 13.4. The third-order valence-electron chi connectivity index (χ3n) is 5.74. The molecule has 32 heavy (non-hydrogen) atoms. The Kier molecular flexibility index (Phi) is 5.30. The molecule has 0 aliphatic carbocycles. The topological polar surface area (TPSA) is 73.0 Å². The second kappa shape index (κ2) is 8.27. The molecule has 1 amide bonds. The summed E-state index contributed by atoms with van der Waals surface area (Å²) in [6.07, 6.45) is 1.82. The summed E-state index contributed by atoms with van der Waals surface area (Å²) >= 11 is 1.51. The van der Waals surface area contributed by atoms with E-state index in [1.165, 1.54) is 11.8 Å². The second-order valence-electron chi connectivity index (χ2n) is 7.84. The van der Waals surface area contributed by atoms with Crippen molar-refractivity contribution in [3.8, 4) is 5.69 Å². The Morgan fingerprint density at radius 1 is 1.16 bits per heavy atom. The molecular formula is C24H23N5O2S. The summed E-state index contributed by atoms with van der Waals surface area (Å²) in [6.45, 7) is 4.56. The van der Waals surface area contributed by atoms with Crippen LogP contribution in [0, 0.1) is 6.92 Å². The minimum absolute atomic E-state index is 0.000465. The molecule has 1 aliphatic rings. The van der Waals surface area contributed by atoms with E-state index in [1.54, 1.807) is 20.3 Å². The van der Waals surface area contributed by atoms with Gasteiger partial charge in [-0.1, -0.05) is 47.7 Å². The Labute approximate surface area is 189 Å². The van der Waals surface area contributed by atoms with E-state index < -0.39 is 0 Å². The Bertz CT molecular complexity index is 1340. The predicted octanol–water partition coefficient (Wildman–Crippen LogP) is 3.98. The van der Waals surface area contributed by atoms with Gasteiger partial charge in [0.25, 0.3) is 5.56 Å². The molecule has 2 aromatic heterocycles. The van der Waals surface area contributed by atoms with E-state index in [1.807, 2.05) is 68.4 Å². The van der Waals surface area contributed by atoms with Crippen LogP contribution < -0.4 is 10.5 Å². The fourth-order valence-electron chi connectivity index (χ4n) is 4.08. The van der Waals surface area contributed by atoms with Crippen molar-refractivity contribution in [1.82, 2.24) is 19.3 Å². The highest BCUT2D eigenvalue weighted by atomic mass is 32.2. The molecule has 3 heterocycles. The molecule has 5 rings (SSSR count). The lowest BCUT2D eigenvalue weighted by atomic mass is 10.2. The monoisotopic (exact) mass is 445 g/mol. The quantitative estimate of drug-likeness (QED) is 0.435. The van der Waals surface area contributed by atoms with Crippen LogP contribution in [-0.4, -0.2) is 37.5 Å². The zero-order valence-electron chi connectivity index (χ0n) is 17.9. The predicted molar refractivity (Wildman–Crippen MR) is 127 cm³/mol. The molecule has 4 aromatic rings. The van der Waals surface area contributed by atoms with Crippen LogP contribution in [-0.2, 0) is 4.79 Å². The first-order chi connectivity index (χ1) is 15.6. The van der Waals surface area contributed by atoms with Gasteiger partial charge in [-0.3, -0.25) is 14.2 Å². The summed E-state index contributed by atoms with van der Waals surface area (Å²) in [6, 6.07) is 17.3. The molecule has 0 saturated heterocycles. The average Bonchev–Trinajstić information content (AvgIpc) is 3.41. The largest absolute Gasteiger partial charge is 0.313 e. The molecule has 0 bridgehead atoms. The van der Waals surface area contributed by atoms with Crippen LogP contribution in [0.1, 0.15) is 24.9 Å². The minimum Gasteiger partial charge on any atom is -0.313 e. The highest BCUT2D eigenvalue weighted by molar-refractivity contribution is 7.99. The molecule has 0 N–H and O–H groups in total. The fraction of sp³-hybridized carbons (Fsp3) is 0.250. The molecule has 0 spiro atoms. The van der Waals surface area contributed by atoms with Gasteiger partial charge in [0.1, 0.15) is 5.39 Å². The normalized spacial score (nSPS) is 15.1. The SMILES string of the molecule is CCN(C(=O)CC1CSc2nc3c(cnn3-c3ccc(C)cc3)c(=O)n21)c1ccccc1. The number of rotatable bonds is 5. The number of amides is 1. The summed E-state index contributed by atoms with van der Waals surface area (Å²) in [5.74, 6) is 0.643. The van der Waals surface area contributed by atoms with Crippen molar-refractivity contribution in [2.24, 2.45) is 0 Å². The van der Waals surface area contributed by atoms with Gasteiger partial charge in [-0.2, -0.15) is 5.10 Å². The number of nitrogens with zero attached hydrogens (tertiary/aromatic N) is 5. The molecule has 162 valence electrons. The lowest BCUT2D eigenvalue weighted by Gasteiger charge is -2.23. The van der Waals surface area contributed by atoms with E-state index in [0.29, 0.717) is 28.5 Å². The Morgan fingerprint density at radius 3 is 2.62 bits per heavy atom. The summed E-state index contributed by atoms with van der Waals surface area (Å²) < 4.78 is 3.37. The van der Waals surface area contributed by atoms with Crippen LogP contribution in [0.5, 0.6) is 0 Å². The second-order valence-corrected chi connectivity index (χ2v) is 8.83. The number of para-hydroxylation sites is 1. The number of benzene rings is 2. The molecule has 7 nitrogen and oxygen atoms in total. The number of carbonyl (C=O) groups is 1. The number of anilines is 1. The zero-order chi connectivity index (χ0) is 22.2. The van der Waals surface area contributed by atoms with E-state index in [0.717, 1.165) is 16.9 Å². The Balaban J connectivity index is 1.48. The van der Waals surface area contributed by atoms with Gasteiger partial charge < -0.3 is 4.90 Å². The Morgan fingerprint density at radius 2 is 1.91 bits per heavy atom. The molecule has 0 fully saturated rings. The summed E-state index contributed by atoms with van der Waals surface area (Å²) in [7, 11) is 0. The van der Waals surface area contributed by atoms with Crippen molar-refractivity contribution in [3.63, 3.8) is 0 Å². The van der Waals surface area contributed by atoms with Crippen LogP contribution in [0.3, 0.4) is 0 Å². The van der Waals surface area contributed by atoms with Crippen molar-refractivity contribution in [3.05, 3.63) is 76.7 Å². The first-order valence-electron chi connectivity index (χ1n) is 10.6. The molecule has 0 radical (unpaired) electrons. The van der Waals surface area contributed by atoms with E-state index in [2.05, 4.69) is 5.10 Å². The highest BCUT2D eigenvalue weighted by Crippen LogP contribution is 2.34. The van der Waals surface area contributed by atoms with Gasteiger partial charge in [0, 0.05) is 24.4 Å². The van der Waals surface area contributed by atoms with Crippen molar-refractivity contribution in [2.75, 3.05) is 17.2 Å². The van der Waals surface area contributed by atoms with Crippen molar-refractivity contribution in [2.45, 2.75) is 31.5 Å². The first kappa shape index (κ1) is 20.5. The van der Waals surface area contributed by atoms with Crippen molar-refractivity contribution < 1.29 is 4.79 Å². The molecule has 0 saturated carbocycles. The molecular weight excluding hydrogens is 422 g/mol. The number of hydrogen-bond donors (Lipinski definition) is 0. The molecule has 1 aliphatic heterocycles. The van der Waals surface area contributed by atoms with Gasteiger partial charge in [-0.25, -0.2) is 9.67 Å². The number of fused-ring (bicyclic) bond motifs is 2. The van der Waals surface area contributed by atoms with Gasteiger partial charge >= 0.3 is 0 Å². The Hall–Kier alpha value is -3.39. The number of aryl methyl sites for hydroxylation is 1. The third-order valence-corrected chi connectivity index (χ3v) is 6.84. The summed E-state index contributed by atoms with van der Waals surface area (Å²) in [4.78, 5) is 33.0. The van der Waals surface area contributed by atoms with E-state index in [-0.39, 0.29) is 23.9 Å². The highest BCUT2D eigenvalue weighted by Gasteiger charge is 2.31. The lowest BCUT2D eigenvalue weighted by molar-refractivity contribution is -0.119. The van der Waals surface area contributed by atoms with Crippen molar-refractivity contribution >= 4 is 34.4 Å². The van der Waals surface area contributed by atoms with Gasteiger partial charge in [0.2, 0.25) is 5.91 Å². The maximum Gasteiger partial charge on any atom is 0.265 e. The zero-order valence-corrected chi connectivity index (χ0v) is 18.7. The van der Waals surface area contributed by atoms with Gasteiger partial charge in [-0.05, 0) is 38.1 Å². The average molecular weight is 446 g/mol. The van der Waals surface area contributed by atoms with Crippen LogP contribution in [0.15, 0.2) is 70.7 Å². The van der Waals surface area contributed by atoms with E-state index >= 15 is 0 Å². The van der Waals surface area contributed by atoms with Crippen molar-refractivity contribution in [1.29, 1.82) is 0 Å². The van der Waals surface area contributed by atoms with Crippen LogP contribution in [0.25, 0.3) is 16.7 Å². The van der Waals surface area contributed by atoms with Gasteiger partial charge in [0.05, 0.1) is 17.9 Å². The third kappa shape index (κ3) is 3.50. The van der Waals surface area contributed by atoms with E-state index in [4.69, 9.17) is 4.98 Å². The van der Waals surface area contributed by atoms with Crippen LogP contribution >= 0.6 is 11.8 Å². The number of hydrogen-bond acceptors (Lipinski definition) is 5. The summed E-state index contributed by atoms with van der Waals surface area (Å²) in [5, 5.41) is 5.52. The minimum atomic E-state index is -0.229. The first-order valence-corrected chi connectivity index (χ1v) is 11.6. The van der Waals surface area contributed by atoms with Crippen LogP contribution in [0.4, 0.5) is 5.69 Å². The maximum atomic E-state index is 13.4. The van der Waals surface area contributed by atoms with Gasteiger partial charge in [-0.15, -0.1) is 0 Å². The number of aromatic nitrogens is 4. The molecule has 8 heteroatoms. The molecule has 2 aromatic carbocycles. The number of carbonyl (C=O) groups excluding carboxylic acids is 1. The van der Waals surface area contributed by atoms with Gasteiger partial charge in [0.15, 0.2) is 10.8 Å². The summed E-state index contributed by atoms with van der Waals surface area (Å²) in [5.41, 5.74) is 3.28.